The lowest BCUT2D eigenvalue weighted by atomic mass is 10.1. The van der Waals surface area contributed by atoms with Crippen LogP contribution >= 0.6 is 0 Å². The van der Waals surface area contributed by atoms with E-state index >= 15 is 0 Å². The Bertz CT molecular complexity index is 794. The van der Waals surface area contributed by atoms with Gasteiger partial charge in [-0.15, -0.1) is 0 Å². The van der Waals surface area contributed by atoms with Crippen LogP contribution < -0.4 is 11.1 Å². The second kappa shape index (κ2) is 5.44. The summed E-state index contributed by atoms with van der Waals surface area (Å²) < 4.78 is 0. The molecule has 3 N–H and O–H groups in total. The van der Waals surface area contributed by atoms with Gasteiger partial charge in [-0.25, -0.2) is 4.98 Å². The predicted octanol–water partition coefficient (Wildman–Crippen LogP) is 4.05. The third-order valence-electron chi connectivity index (χ3n) is 3.73. The number of pyridine rings is 1. The standard InChI is InChI=1S/C18H19N3/c1-12-3-4-15(13(2)9-12)11-21-18-17-6-5-16(19)10-14(17)7-8-20-18/h3-10H,11,19H2,1-2H3,(H,20,21). The Hall–Kier alpha value is -2.55. The number of benzene rings is 2. The Morgan fingerprint density at radius 3 is 2.71 bits per heavy atom. The van der Waals surface area contributed by atoms with Crippen molar-refractivity contribution in [2.75, 3.05) is 11.1 Å². The van der Waals surface area contributed by atoms with E-state index in [0.29, 0.717) is 0 Å². The first-order chi connectivity index (χ1) is 10.1. The van der Waals surface area contributed by atoms with Crippen molar-refractivity contribution in [3.63, 3.8) is 0 Å². The third kappa shape index (κ3) is 2.82. The van der Waals surface area contributed by atoms with Crippen LogP contribution in [-0.2, 0) is 6.54 Å². The fraction of sp³-hybridized carbons (Fsp3) is 0.167. The molecule has 1 aromatic heterocycles. The zero-order valence-corrected chi connectivity index (χ0v) is 12.4. The second-order valence-corrected chi connectivity index (χ2v) is 5.42. The molecule has 0 saturated heterocycles. The molecular formula is C18H19N3. The molecule has 3 rings (SSSR count). The van der Waals surface area contributed by atoms with Gasteiger partial charge in [0, 0.05) is 23.8 Å². The molecule has 3 aromatic rings. The van der Waals surface area contributed by atoms with Crippen molar-refractivity contribution in [2.45, 2.75) is 20.4 Å². The van der Waals surface area contributed by atoms with Gasteiger partial charge in [-0.2, -0.15) is 0 Å². The zero-order chi connectivity index (χ0) is 14.8. The van der Waals surface area contributed by atoms with Crippen LogP contribution in [0.3, 0.4) is 0 Å². The Morgan fingerprint density at radius 2 is 1.90 bits per heavy atom. The van der Waals surface area contributed by atoms with Crippen molar-refractivity contribution < 1.29 is 0 Å². The fourth-order valence-electron chi connectivity index (χ4n) is 2.56. The van der Waals surface area contributed by atoms with Gasteiger partial charge in [-0.3, -0.25) is 0 Å². The van der Waals surface area contributed by atoms with Crippen LogP contribution in [0.4, 0.5) is 11.5 Å². The Kier molecular flexibility index (Phi) is 3.48. The lowest BCUT2D eigenvalue weighted by Crippen LogP contribution is -2.03. The van der Waals surface area contributed by atoms with Crippen LogP contribution in [0.5, 0.6) is 0 Å². The number of nitrogens with two attached hydrogens (primary N) is 1. The molecule has 0 saturated carbocycles. The summed E-state index contributed by atoms with van der Waals surface area (Å²) in [7, 11) is 0. The minimum Gasteiger partial charge on any atom is -0.399 e. The van der Waals surface area contributed by atoms with Crippen molar-refractivity contribution in [3.8, 4) is 0 Å². The molecule has 0 aliphatic heterocycles. The molecule has 0 fully saturated rings. The number of rotatable bonds is 3. The van der Waals surface area contributed by atoms with E-state index in [1.807, 2.05) is 30.5 Å². The summed E-state index contributed by atoms with van der Waals surface area (Å²) in [5, 5.41) is 5.63. The molecule has 0 amide bonds. The fourth-order valence-corrected chi connectivity index (χ4v) is 2.56. The van der Waals surface area contributed by atoms with E-state index in [1.54, 1.807) is 0 Å². The van der Waals surface area contributed by atoms with Crippen molar-refractivity contribution in [1.82, 2.24) is 4.98 Å². The van der Waals surface area contributed by atoms with Crippen LogP contribution in [0.25, 0.3) is 10.8 Å². The van der Waals surface area contributed by atoms with Gasteiger partial charge >= 0.3 is 0 Å². The van der Waals surface area contributed by atoms with Gasteiger partial charge < -0.3 is 11.1 Å². The summed E-state index contributed by atoms with van der Waals surface area (Å²) in [6, 6.07) is 14.4. The quantitative estimate of drug-likeness (QED) is 0.710. The monoisotopic (exact) mass is 277 g/mol. The molecule has 0 atom stereocenters. The highest BCUT2D eigenvalue weighted by Gasteiger charge is 2.04. The molecule has 3 nitrogen and oxygen atoms in total. The van der Waals surface area contributed by atoms with E-state index in [9.17, 15) is 0 Å². The summed E-state index contributed by atoms with van der Waals surface area (Å²) in [4.78, 5) is 4.45. The zero-order valence-electron chi connectivity index (χ0n) is 12.4. The Morgan fingerprint density at radius 1 is 1.05 bits per heavy atom. The van der Waals surface area contributed by atoms with Gasteiger partial charge in [0.15, 0.2) is 0 Å². The molecule has 106 valence electrons. The van der Waals surface area contributed by atoms with Crippen LogP contribution in [0.15, 0.2) is 48.7 Å². The van der Waals surface area contributed by atoms with Crippen molar-refractivity contribution in [1.29, 1.82) is 0 Å². The number of aryl methyl sites for hydroxylation is 2. The topological polar surface area (TPSA) is 50.9 Å². The summed E-state index contributed by atoms with van der Waals surface area (Å²) in [6.45, 7) is 5.02. The highest BCUT2D eigenvalue weighted by atomic mass is 15.0. The Balaban J connectivity index is 1.88. The van der Waals surface area contributed by atoms with Crippen LogP contribution in [0.2, 0.25) is 0 Å². The summed E-state index contributed by atoms with van der Waals surface area (Å²) in [5.41, 5.74) is 10.5. The number of anilines is 2. The maximum atomic E-state index is 5.83. The van der Waals surface area contributed by atoms with E-state index in [2.05, 4.69) is 42.3 Å². The minimum atomic E-state index is 0.766. The van der Waals surface area contributed by atoms with E-state index in [1.165, 1.54) is 16.7 Å². The number of fused-ring (bicyclic) bond motifs is 1. The summed E-state index contributed by atoms with van der Waals surface area (Å²) in [5.74, 6) is 0.896. The molecule has 0 unspecified atom stereocenters. The van der Waals surface area contributed by atoms with Gasteiger partial charge in [0.2, 0.25) is 0 Å². The van der Waals surface area contributed by atoms with Gasteiger partial charge in [0.05, 0.1) is 0 Å². The first-order valence-electron chi connectivity index (χ1n) is 7.08. The number of hydrogen-bond donors (Lipinski definition) is 2. The molecule has 0 spiro atoms. The summed E-state index contributed by atoms with van der Waals surface area (Å²) >= 11 is 0. The van der Waals surface area contributed by atoms with Crippen molar-refractivity contribution in [3.05, 3.63) is 65.4 Å². The van der Waals surface area contributed by atoms with Crippen LogP contribution in [0.1, 0.15) is 16.7 Å². The van der Waals surface area contributed by atoms with E-state index in [4.69, 9.17) is 5.73 Å². The summed E-state index contributed by atoms with van der Waals surface area (Å²) in [6.07, 6.45) is 1.81. The first kappa shape index (κ1) is 13.4. The molecule has 0 aliphatic rings. The lowest BCUT2D eigenvalue weighted by molar-refractivity contribution is 1.09. The SMILES string of the molecule is Cc1ccc(CNc2nccc3cc(N)ccc23)c(C)c1. The van der Waals surface area contributed by atoms with E-state index < -0.39 is 0 Å². The highest BCUT2D eigenvalue weighted by molar-refractivity contribution is 5.93. The maximum absolute atomic E-state index is 5.83. The second-order valence-electron chi connectivity index (χ2n) is 5.42. The average Bonchev–Trinajstić information content (AvgIpc) is 2.46. The molecule has 21 heavy (non-hydrogen) atoms. The minimum absolute atomic E-state index is 0.766. The Labute approximate surface area is 124 Å². The van der Waals surface area contributed by atoms with E-state index in [0.717, 1.165) is 28.8 Å². The lowest BCUT2D eigenvalue weighted by Gasteiger charge is -2.11. The van der Waals surface area contributed by atoms with E-state index in [-0.39, 0.29) is 0 Å². The van der Waals surface area contributed by atoms with Crippen LogP contribution in [-0.4, -0.2) is 4.98 Å². The molecule has 0 radical (unpaired) electrons. The largest absolute Gasteiger partial charge is 0.399 e. The van der Waals surface area contributed by atoms with Crippen molar-refractivity contribution in [2.24, 2.45) is 0 Å². The molecule has 0 bridgehead atoms. The molecule has 1 heterocycles. The van der Waals surface area contributed by atoms with Crippen LogP contribution in [0, 0.1) is 13.8 Å². The van der Waals surface area contributed by atoms with Gasteiger partial charge in [-0.05, 0) is 54.6 Å². The van der Waals surface area contributed by atoms with Gasteiger partial charge in [-0.1, -0.05) is 23.8 Å². The predicted molar refractivity (Wildman–Crippen MR) is 89.4 cm³/mol. The molecule has 3 heteroatoms. The third-order valence-corrected chi connectivity index (χ3v) is 3.73. The molecule has 0 aliphatic carbocycles. The number of nitrogens with one attached hydrogen (secondary N) is 1. The number of aromatic nitrogens is 1. The smallest absolute Gasteiger partial charge is 0.134 e. The van der Waals surface area contributed by atoms with Crippen molar-refractivity contribution >= 4 is 22.3 Å². The normalized spacial score (nSPS) is 10.8. The van der Waals surface area contributed by atoms with Gasteiger partial charge in [0.1, 0.15) is 5.82 Å². The number of hydrogen-bond acceptors (Lipinski definition) is 3. The highest BCUT2D eigenvalue weighted by Crippen LogP contribution is 2.23. The number of nitrogen functional groups attached to an aromatic ring is 1. The number of nitrogens with zero attached hydrogens (tertiary/aromatic N) is 1. The molecule has 2 aromatic carbocycles. The molecular weight excluding hydrogens is 258 g/mol. The maximum Gasteiger partial charge on any atom is 0.134 e. The first-order valence-corrected chi connectivity index (χ1v) is 7.08. The average molecular weight is 277 g/mol. The van der Waals surface area contributed by atoms with Gasteiger partial charge in [0.25, 0.3) is 0 Å².